The van der Waals surface area contributed by atoms with Crippen molar-refractivity contribution in [2.75, 3.05) is 18.8 Å². The Hall–Kier alpha value is -1.94. The van der Waals surface area contributed by atoms with Crippen LogP contribution in [-0.4, -0.2) is 41.6 Å². The number of amides is 1. The van der Waals surface area contributed by atoms with Crippen LogP contribution in [0.2, 0.25) is 5.02 Å². The maximum absolute atomic E-state index is 12.1. The first kappa shape index (κ1) is 22.4. The second-order valence-electron chi connectivity index (χ2n) is 5.94. The number of carbonyl (C=O) groups is 1. The van der Waals surface area contributed by atoms with Crippen LogP contribution >= 0.6 is 11.6 Å². The van der Waals surface area contributed by atoms with E-state index in [4.69, 9.17) is 11.6 Å². The number of nitrogens with one attached hydrogen (secondary N) is 2. The minimum Gasteiger partial charge on any atom is -0.356 e. The zero-order chi connectivity index (χ0) is 20.6. The van der Waals surface area contributed by atoms with Gasteiger partial charge in [0.2, 0.25) is 15.9 Å². The van der Waals surface area contributed by atoms with Gasteiger partial charge in [-0.25, -0.2) is 21.6 Å². The lowest BCUT2D eigenvalue weighted by atomic mass is 10.4. The molecule has 0 spiro atoms. The van der Waals surface area contributed by atoms with Crippen molar-refractivity contribution in [1.82, 2.24) is 10.0 Å². The minimum atomic E-state index is -3.75. The molecule has 10 heteroatoms. The molecule has 28 heavy (non-hydrogen) atoms. The van der Waals surface area contributed by atoms with Gasteiger partial charge in [-0.3, -0.25) is 4.79 Å². The molecule has 0 radical (unpaired) electrons. The van der Waals surface area contributed by atoms with Crippen LogP contribution in [-0.2, 0) is 24.7 Å². The first-order valence-corrected chi connectivity index (χ1v) is 12.0. The molecule has 0 saturated carbocycles. The van der Waals surface area contributed by atoms with Gasteiger partial charge < -0.3 is 5.32 Å². The predicted octanol–water partition coefficient (Wildman–Crippen LogP) is 1.99. The highest BCUT2D eigenvalue weighted by molar-refractivity contribution is 7.91. The number of hydrogen-bond donors (Lipinski definition) is 2. The summed E-state index contributed by atoms with van der Waals surface area (Å²) in [6.45, 7) is 0.106. The first-order valence-electron chi connectivity index (χ1n) is 8.50. The minimum absolute atomic E-state index is 0.0199. The lowest BCUT2D eigenvalue weighted by Crippen LogP contribution is -2.31. The second-order valence-corrected chi connectivity index (χ2v) is 10.3. The van der Waals surface area contributed by atoms with Gasteiger partial charge in [-0.15, -0.1) is 0 Å². The van der Waals surface area contributed by atoms with Gasteiger partial charge in [-0.05, 0) is 36.8 Å². The van der Waals surface area contributed by atoms with Gasteiger partial charge in [0, 0.05) is 24.5 Å². The molecule has 2 rings (SSSR count). The molecule has 0 atom stereocenters. The molecule has 0 aromatic heterocycles. The zero-order valence-corrected chi connectivity index (χ0v) is 17.4. The number of sulfone groups is 1. The molecule has 0 heterocycles. The van der Waals surface area contributed by atoms with Crippen LogP contribution in [0.3, 0.4) is 0 Å². The van der Waals surface area contributed by atoms with Gasteiger partial charge in [0.1, 0.15) is 0 Å². The Bertz CT molecular complexity index is 1010. The third-order valence-corrected chi connectivity index (χ3v) is 7.28. The van der Waals surface area contributed by atoms with Crippen LogP contribution in [0.15, 0.2) is 64.4 Å². The van der Waals surface area contributed by atoms with Crippen LogP contribution in [0.25, 0.3) is 0 Å². The van der Waals surface area contributed by atoms with Gasteiger partial charge in [0.25, 0.3) is 0 Å². The number of carbonyl (C=O) groups excluding carboxylic acids is 1. The summed E-state index contributed by atoms with van der Waals surface area (Å²) in [5.41, 5.74) is 0. The van der Waals surface area contributed by atoms with Crippen molar-refractivity contribution >= 4 is 37.4 Å². The number of rotatable bonds is 10. The van der Waals surface area contributed by atoms with Crippen molar-refractivity contribution in [2.45, 2.75) is 22.6 Å². The van der Waals surface area contributed by atoms with E-state index in [1.807, 2.05) is 0 Å². The molecule has 152 valence electrons. The van der Waals surface area contributed by atoms with Crippen LogP contribution in [0.1, 0.15) is 12.8 Å². The third-order valence-electron chi connectivity index (χ3n) is 3.76. The van der Waals surface area contributed by atoms with Crippen molar-refractivity contribution in [3.05, 3.63) is 59.6 Å². The van der Waals surface area contributed by atoms with Crippen molar-refractivity contribution < 1.29 is 21.6 Å². The van der Waals surface area contributed by atoms with Gasteiger partial charge in [0.05, 0.1) is 15.5 Å². The summed E-state index contributed by atoms with van der Waals surface area (Å²) in [5, 5.41) is 2.88. The van der Waals surface area contributed by atoms with Crippen molar-refractivity contribution in [1.29, 1.82) is 0 Å². The lowest BCUT2D eigenvalue weighted by Gasteiger charge is -2.08. The Morgan fingerprint density at radius 3 is 2.25 bits per heavy atom. The molecule has 7 nitrogen and oxygen atoms in total. The fraction of sp³-hybridized carbons (Fsp3) is 0.278. The summed E-state index contributed by atoms with van der Waals surface area (Å²) in [6, 6.07) is 13.9. The number of sulfonamides is 1. The fourth-order valence-corrected chi connectivity index (χ4v) is 5.00. The molecule has 0 fully saturated rings. The summed E-state index contributed by atoms with van der Waals surface area (Å²) in [6.07, 6.45) is 0.197. The SMILES string of the molecule is O=C(CCNS(=O)(=O)c1cccc(Cl)c1)NCCCS(=O)(=O)c1ccccc1. The van der Waals surface area contributed by atoms with E-state index in [1.54, 1.807) is 24.3 Å². The molecular formula is C18H21ClN2O5S2. The van der Waals surface area contributed by atoms with Crippen LogP contribution < -0.4 is 10.0 Å². The van der Waals surface area contributed by atoms with E-state index < -0.39 is 19.9 Å². The summed E-state index contributed by atoms with van der Waals surface area (Å²) in [4.78, 5) is 12.1. The Kier molecular flexibility index (Phi) is 7.99. The van der Waals surface area contributed by atoms with Gasteiger partial charge in [-0.1, -0.05) is 35.9 Å². The normalized spacial score (nSPS) is 11.9. The molecule has 0 unspecified atom stereocenters. The molecule has 2 aromatic rings. The van der Waals surface area contributed by atoms with Crippen molar-refractivity contribution in [2.24, 2.45) is 0 Å². The van der Waals surface area contributed by atoms with E-state index in [-0.39, 0.29) is 47.4 Å². The number of benzene rings is 2. The van der Waals surface area contributed by atoms with Gasteiger partial charge >= 0.3 is 0 Å². The monoisotopic (exact) mass is 444 g/mol. The van der Waals surface area contributed by atoms with E-state index in [9.17, 15) is 21.6 Å². The second kappa shape index (κ2) is 10.0. The lowest BCUT2D eigenvalue weighted by molar-refractivity contribution is -0.120. The van der Waals surface area contributed by atoms with E-state index in [0.717, 1.165) is 0 Å². The van der Waals surface area contributed by atoms with Gasteiger partial charge in [-0.2, -0.15) is 0 Å². The standard InChI is InChI=1S/C18H21ClN2O5S2/c19-15-6-4-9-17(14-15)28(25,26)21-12-10-18(22)20-11-5-13-27(23,24)16-7-2-1-3-8-16/h1-4,6-9,14,21H,5,10-13H2,(H,20,22). The van der Waals surface area contributed by atoms with Crippen molar-refractivity contribution in [3.8, 4) is 0 Å². The molecule has 0 saturated heterocycles. The molecule has 0 aliphatic heterocycles. The average molecular weight is 445 g/mol. The Morgan fingerprint density at radius 1 is 0.893 bits per heavy atom. The number of halogens is 1. The summed E-state index contributed by atoms with van der Waals surface area (Å²) in [7, 11) is -7.13. The van der Waals surface area contributed by atoms with Crippen molar-refractivity contribution in [3.63, 3.8) is 0 Å². The van der Waals surface area contributed by atoms with E-state index >= 15 is 0 Å². The summed E-state index contributed by atoms with van der Waals surface area (Å²) in [5.74, 6) is -0.454. The van der Waals surface area contributed by atoms with E-state index in [1.165, 1.54) is 30.3 Å². The Morgan fingerprint density at radius 2 is 1.57 bits per heavy atom. The number of hydrogen-bond acceptors (Lipinski definition) is 5. The predicted molar refractivity (Wildman–Crippen MR) is 107 cm³/mol. The topological polar surface area (TPSA) is 109 Å². The van der Waals surface area contributed by atoms with E-state index in [2.05, 4.69) is 10.0 Å². The Labute approximate surface area is 170 Å². The molecule has 0 aliphatic carbocycles. The molecule has 0 bridgehead atoms. The molecule has 0 aliphatic rings. The molecule has 2 N–H and O–H groups in total. The van der Waals surface area contributed by atoms with E-state index in [0.29, 0.717) is 5.02 Å². The zero-order valence-electron chi connectivity index (χ0n) is 15.0. The highest BCUT2D eigenvalue weighted by Crippen LogP contribution is 2.15. The average Bonchev–Trinajstić information content (AvgIpc) is 2.66. The van der Waals surface area contributed by atoms with Crippen LogP contribution in [0.4, 0.5) is 0 Å². The largest absolute Gasteiger partial charge is 0.356 e. The highest BCUT2D eigenvalue weighted by Gasteiger charge is 2.15. The van der Waals surface area contributed by atoms with Crippen LogP contribution in [0.5, 0.6) is 0 Å². The fourth-order valence-electron chi connectivity index (χ4n) is 2.34. The van der Waals surface area contributed by atoms with Gasteiger partial charge in [0.15, 0.2) is 9.84 Å². The summed E-state index contributed by atoms with van der Waals surface area (Å²) >= 11 is 5.78. The molecular weight excluding hydrogens is 424 g/mol. The maximum atomic E-state index is 12.1. The first-order chi connectivity index (χ1) is 13.2. The smallest absolute Gasteiger partial charge is 0.240 e. The third kappa shape index (κ3) is 6.90. The maximum Gasteiger partial charge on any atom is 0.240 e. The summed E-state index contributed by atoms with van der Waals surface area (Å²) < 4.78 is 50.8. The van der Waals surface area contributed by atoms with Crippen LogP contribution in [0, 0.1) is 0 Å². The highest BCUT2D eigenvalue weighted by atomic mass is 35.5. The molecule has 1 amide bonds. The quantitative estimate of drug-likeness (QED) is 0.544. The Balaban J connectivity index is 1.70. The molecule has 2 aromatic carbocycles.